The number of carbonyl (C=O) groups is 1. The molecule has 2 aromatic carbocycles. The van der Waals surface area contributed by atoms with E-state index in [1.165, 1.54) is 29.3 Å². The van der Waals surface area contributed by atoms with Gasteiger partial charge in [0.1, 0.15) is 12.1 Å². The number of hydrogen-bond donors (Lipinski definition) is 2. The minimum atomic E-state index is -0.290. The minimum absolute atomic E-state index is 0.235. The van der Waals surface area contributed by atoms with E-state index in [1.807, 2.05) is 42.6 Å². The second-order valence-electron chi connectivity index (χ2n) is 8.90. The van der Waals surface area contributed by atoms with E-state index in [0.29, 0.717) is 38.5 Å². The quantitative estimate of drug-likeness (QED) is 0.271. The summed E-state index contributed by atoms with van der Waals surface area (Å²) >= 11 is 0. The van der Waals surface area contributed by atoms with Crippen LogP contribution in [-0.4, -0.2) is 38.8 Å². The Morgan fingerprint density at radius 3 is 2.78 bits per heavy atom. The van der Waals surface area contributed by atoms with Crippen LogP contribution in [0.4, 0.5) is 4.39 Å². The number of amides is 1. The summed E-state index contributed by atoms with van der Waals surface area (Å²) in [5, 5.41) is 4.05. The summed E-state index contributed by atoms with van der Waals surface area (Å²) in [6.45, 7) is 2.06. The van der Waals surface area contributed by atoms with Gasteiger partial charge in [-0.15, -0.1) is 0 Å². The molecule has 0 aliphatic carbocycles. The number of fused-ring (bicyclic) bond motifs is 1. The lowest BCUT2D eigenvalue weighted by atomic mass is 10.1. The second-order valence-corrected chi connectivity index (χ2v) is 8.90. The van der Waals surface area contributed by atoms with Gasteiger partial charge in [-0.25, -0.2) is 9.37 Å². The molecule has 188 valence electrons. The summed E-state index contributed by atoms with van der Waals surface area (Å²) in [4.78, 5) is 26.7. The zero-order valence-electron chi connectivity index (χ0n) is 20.4. The molecule has 1 amide bonds. The molecule has 5 aromatic rings. The van der Waals surface area contributed by atoms with Crippen LogP contribution in [0.1, 0.15) is 33.2 Å². The molecule has 0 saturated heterocycles. The van der Waals surface area contributed by atoms with Gasteiger partial charge in [-0.3, -0.25) is 14.7 Å². The van der Waals surface area contributed by atoms with Crippen LogP contribution in [0.3, 0.4) is 0 Å². The number of pyridine rings is 1. The molecular weight excluding hydrogens is 469 g/mol. The van der Waals surface area contributed by atoms with Gasteiger partial charge < -0.3 is 14.7 Å². The van der Waals surface area contributed by atoms with Gasteiger partial charge >= 0.3 is 0 Å². The molecule has 2 N–H and O–H groups in total. The van der Waals surface area contributed by atoms with E-state index in [4.69, 9.17) is 4.42 Å². The minimum Gasteiger partial charge on any atom is -0.447 e. The van der Waals surface area contributed by atoms with E-state index in [0.717, 1.165) is 23.2 Å². The lowest BCUT2D eigenvalue weighted by Crippen LogP contribution is -2.27. The van der Waals surface area contributed by atoms with Crippen LogP contribution in [0, 0.1) is 5.82 Å². The molecule has 0 radical (unpaired) electrons. The van der Waals surface area contributed by atoms with Gasteiger partial charge in [0, 0.05) is 55.0 Å². The first kappa shape index (κ1) is 24.4. The third-order valence-electron chi connectivity index (χ3n) is 6.20. The normalized spacial score (nSPS) is 11.3. The van der Waals surface area contributed by atoms with Crippen molar-refractivity contribution in [2.45, 2.75) is 25.9 Å². The van der Waals surface area contributed by atoms with Gasteiger partial charge in [-0.1, -0.05) is 36.4 Å². The first-order valence-corrected chi connectivity index (χ1v) is 12.3. The number of aromatic nitrogens is 3. The fourth-order valence-corrected chi connectivity index (χ4v) is 4.34. The second kappa shape index (κ2) is 11.6. The standard InChI is InChI=1S/C29H28FN5O2/c30-23-7-5-6-21(16-23)18-35(15-12-22-17-33-26-10-2-1-9-25(22)26)19-28-34-27(20-37-28)29(36)32-14-11-24-8-3-4-13-31-24/h1-10,13,16-17,20,33H,11-12,14-15,18-19H2,(H,32,36). The zero-order chi connectivity index (χ0) is 25.5. The molecule has 7 nitrogen and oxygen atoms in total. The maximum absolute atomic E-state index is 13.8. The number of para-hydroxylation sites is 1. The number of hydrogen-bond acceptors (Lipinski definition) is 5. The summed E-state index contributed by atoms with van der Waals surface area (Å²) in [6, 6.07) is 20.5. The molecule has 5 rings (SSSR count). The summed E-state index contributed by atoms with van der Waals surface area (Å²) in [6.07, 6.45) is 6.57. The number of benzene rings is 2. The van der Waals surface area contributed by atoms with Gasteiger partial charge in [0.15, 0.2) is 5.69 Å². The molecule has 0 aliphatic rings. The Balaban J connectivity index is 1.23. The van der Waals surface area contributed by atoms with Gasteiger partial charge in [0.05, 0.1) is 6.54 Å². The summed E-state index contributed by atoms with van der Waals surface area (Å²) in [7, 11) is 0. The van der Waals surface area contributed by atoms with Gasteiger partial charge in [0.2, 0.25) is 5.89 Å². The maximum Gasteiger partial charge on any atom is 0.273 e. The van der Waals surface area contributed by atoms with Crippen molar-refractivity contribution in [3.63, 3.8) is 0 Å². The fourth-order valence-electron chi connectivity index (χ4n) is 4.34. The van der Waals surface area contributed by atoms with E-state index in [2.05, 4.69) is 37.3 Å². The van der Waals surface area contributed by atoms with Crippen molar-refractivity contribution in [2.75, 3.05) is 13.1 Å². The molecule has 3 aromatic heterocycles. The Labute approximate surface area is 214 Å². The summed E-state index contributed by atoms with van der Waals surface area (Å²) in [5.41, 5.74) is 4.31. The molecule has 8 heteroatoms. The van der Waals surface area contributed by atoms with Crippen LogP contribution < -0.4 is 5.32 Å². The Morgan fingerprint density at radius 1 is 1.03 bits per heavy atom. The number of H-pyrrole nitrogens is 1. The first-order chi connectivity index (χ1) is 18.1. The van der Waals surface area contributed by atoms with Crippen molar-refractivity contribution in [3.05, 3.63) is 120 Å². The number of carbonyl (C=O) groups excluding carboxylic acids is 1. The topological polar surface area (TPSA) is 87.0 Å². The summed E-state index contributed by atoms with van der Waals surface area (Å²) in [5.74, 6) is -0.124. The average molecular weight is 498 g/mol. The van der Waals surface area contributed by atoms with Crippen molar-refractivity contribution in [1.29, 1.82) is 0 Å². The SMILES string of the molecule is O=C(NCCc1ccccn1)c1coc(CN(CCc2c[nH]c3ccccc23)Cc2cccc(F)c2)n1. The van der Waals surface area contributed by atoms with Crippen LogP contribution >= 0.6 is 0 Å². The Hall–Kier alpha value is -4.30. The lowest BCUT2D eigenvalue weighted by molar-refractivity contribution is 0.0949. The van der Waals surface area contributed by atoms with Gasteiger partial charge in [0.25, 0.3) is 5.91 Å². The van der Waals surface area contributed by atoms with Gasteiger partial charge in [-0.05, 0) is 47.9 Å². The zero-order valence-corrected chi connectivity index (χ0v) is 20.4. The van der Waals surface area contributed by atoms with Crippen LogP contribution in [0.5, 0.6) is 0 Å². The highest BCUT2D eigenvalue weighted by atomic mass is 19.1. The average Bonchev–Trinajstić information content (AvgIpc) is 3.55. The van der Waals surface area contributed by atoms with Crippen LogP contribution in [0.15, 0.2) is 89.8 Å². The third-order valence-corrected chi connectivity index (χ3v) is 6.20. The van der Waals surface area contributed by atoms with E-state index < -0.39 is 0 Å². The molecule has 0 atom stereocenters. The molecule has 0 saturated carbocycles. The number of nitrogens with zero attached hydrogens (tertiary/aromatic N) is 3. The van der Waals surface area contributed by atoms with Crippen molar-refractivity contribution >= 4 is 16.8 Å². The smallest absolute Gasteiger partial charge is 0.273 e. The largest absolute Gasteiger partial charge is 0.447 e. The van der Waals surface area contributed by atoms with Crippen LogP contribution in [0.25, 0.3) is 10.9 Å². The number of rotatable bonds is 11. The number of halogens is 1. The van der Waals surface area contributed by atoms with E-state index in [-0.39, 0.29) is 17.4 Å². The predicted molar refractivity (Wildman–Crippen MR) is 139 cm³/mol. The molecule has 0 bridgehead atoms. The van der Waals surface area contributed by atoms with Crippen LogP contribution in [0.2, 0.25) is 0 Å². The molecule has 0 spiro atoms. The predicted octanol–water partition coefficient (Wildman–Crippen LogP) is 4.91. The lowest BCUT2D eigenvalue weighted by Gasteiger charge is -2.21. The molecule has 3 heterocycles. The van der Waals surface area contributed by atoms with E-state index in [1.54, 1.807) is 12.3 Å². The highest BCUT2D eigenvalue weighted by Crippen LogP contribution is 2.19. The first-order valence-electron chi connectivity index (χ1n) is 12.3. The summed E-state index contributed by atoms with van der Waals surface area (Å²) < 4.78 is 19.5. The molecule has 0 aliphatic heterocycles. The molecule has 0 fully saturated rings. The fraction of sp³-hybridized carbons (Fsp3) is 0.207. The number of aromatic amines is 1. The van der Waals surface area contributed by atoms with E-state index >= 15 is 0 Å². The van der Waals surface area contributed by atoms with Crippen molar-refractivity contribution in [3.8, 4) is 0 Å². The Bertz CT molecular complexity index is 1460. The highest BCUT2D eigenvalue weighted by molar-refractivity contribution is 5.91. The van der Waals surface area contributed by atoms with Crippen molar-refractivity contribution in [1.82, 2.24) is 25.2 Å². The third kappa shape index (κ3) is 6.48. The van der Waals surface area contributed by atoms with Gasteiger partial charge in [-0.2, -0.15) is 0 Å². The molecule has 0 unspecified atom stereocenters. The highest BCUT2D eigenvalue weighted by Gasteiger charge is 2.16. The monoisotopic (exact) mass is 497 g/mol. The molecule has 37 heavy (non-hydrogen) atoms. The Kier molecular flexibility index (Phi) is 7.66. The molecular formula is C29H28FN5O2. The number of nitrogens with one attached hydrogen (secondary N) is 2. The van der Waals surface area contributed by atoms with Crippen molar-refractivity contribution in [2.24, 2.45) is 0 Å². The van der Waals surface area contributed by atoms with Crippen molar-refractivity contribution < 1.29 is 13.6 Å². The van der Waals surface area contributed by atoms with E-state index in [9.17, 15) is 9.18 Å². The maximum atomic E-state index is 13.8. The Morgan fingerprint density at radius 2 is 1.92 bits per heavy atom. The van der Waals surface area contributed by atoms with Crippen LogP contribution in [-0.2, 0) is 25.9 Å². The number of oxazole rings is 1.